The van der Waals surface area contributed by atoms with Crippen molar-refractivity contribution in [3.63, 3.8) is 0 Å². The number of hydrogen-bond acceptors (Lipinski definition) is 3. The fourth-order valence-corrected chi connectivity index (χ4v) is 6.56. The van der Waals surface area contributed by atoms with Crippen molar-refractivity contribution >= 4 is 5.71 Å². The maximum atomic E-state index is 14.8. The summed E-state index contributed by atoms with van der Waals surface area (Å²) >= 11 is 0. The van der Waals surface area contributed by atoms with Crippen LogP contribution >= 0.6 is 0 Å². The first-order chi connectivity index (χ1) is 21.5. The summed E-state index contributed by atoms with van der Waals surface area (Å²) in [7, 11) is 1.68. The molecule has 44 heavy (non-hydrogen) atoms. The molecule has 1 atom stereocenters. The second-order valence-electron chi connectivity index (χ2n) is 12.5. The lowest BCUT2D eigenvalue weighted by atomic mass is 9.83. The average Bonchev–Trinajstić information content (AvgIpc) is 3.02. The number of hydrogen-bond donors (Lipinski definition) is 1. The Kier molecular flexibility index (Phi) is 16.8. The lowest BCUT2D eigenvalue weighted by Crippen LogP contribution is -2.34. The number of unbranched alkanes of at least 4 members (excludes halogenated alkanes) is 13. The van der Waals surface area contributed by atoms with Crippen LogP contribution in [0.25, 0.3) is 0 Å². The Labute approximate surface area is 265 Å². The average molecular weight is 615 g/mol. The molecule has 0 radical (unpaired) electrons. The fraction of sp³-hybridized carbons (Fsp3) is 0.658. The lowest BCUT2D eigenvalue weighted by Gasteiger charge is -2.29. The molecule has 1 aliphatic rings. The minimum Gasteiger partial charge on any atom is -0.493 e. The first-order valence-electron chi connectivity index (χ1n) is 17.5. The number of rotatable bonds is 23. The Balaban J connectivity index is 1.87. The van der Waals surface area contributed by atoms with Gasteiger partial charge in [-0.15, -0.1) is 0 Å². The van der Waals surface area contributed by atoms with Gasteiger partial charge in [-0.1, -0.05) is 97.3 Å². The second kappa shape index (κ2) is 20.5. The smallest absolute Gasteiger partial charge is 0.184 e. The van der Waals surface area contributed by atoms with Crippen LogP contribution in [0.1, 0.15) is 146 Å². The van der Waals surface area contributed by atoms with Crippen LogP contribution in [0, 0.1) is 11.6 Å². The number of aliphatic hydroxyl groups is 1. The molecule has 6 heteroatoms. The van der Waals surface area contributed by atoms with Gasteiger partial charge in [0.25, 0.3) is 0 Å². The van der Waals surface area contributed by atoms with Gasteiger partial charge in [0.2, 0.25) is 0 Å². The first-order valence-corrected chi connectivity index (χ1v) is 17.5. The summed E-state index contributed by atoms with van der Waals surface area (Å²) in [5.41, 5.74) is 3.68. The van der Waals surface area contributed by atoms with Crippen LogP contribution in [0.5, 0.6) is 11.5 Å². The SMILES string of the molecule is CCCCCCCCCCCC1=[N+](Cc2cc(F)ccc2F)CC(CCO)c2c1ccc(OC)c2OCCCCCCCC. The highest BCUT2D eigenvalue weighted by atomic mass is 19.1. The third kappa shape index (κ3) is 11.2. The van der Waals surface area contributed by atoms with Crippen molar-refractivity contribution in [1.82, 2.24) is 0 Å². The zero-order valence-corrected chi connectivity index (χ0v) is 27.8. The van der Waals surface area contributed by atoms with E-state index in [-0.39, 0.29) is 19.1 Å². The van der Waals surface area contributed by atoms with Crippen LogP contribution in [-0.2, 0) is 6.54 Å². The molecular formula is C38H58F2NO3+. The number of fused-ring (bicyclic) bond motifs is 1. The molecule has 2 aromatic rings. The van der Waals surface area contributed by atoms with E-state index in [1.807, 2.05) is 6.07 Å². The molecule has 1 aliphatic heterocycles. The molecule has 0 bridgehead atoms. The molecule has 0 saturated carbocycles. The highest BCUT2D eigenvalue weighted by Gasteiger charge is 2.36. The number of methoxy groups -OCH3 is 1. The van der Waals surface area contributed by atoms with E-state index in [1.54, 1.807) is 7.11 Å². The molecule has 2 aromatic carbocycles. The predicted octanol–water partition coefficient (Wildman–Crippen LogP) is 10.1. The predicted molar refractivity (Wildman–Crippen MR) is 177 cm³/mol. The van der Waals surface area contributed by atoms with E-state index in [2.05, 4.69) is 24.5 Å². The fourth-order valence-electron chi connectivity index (χ4n) is 6.56. The Hall–Kier alpha value is -2.47. The van der Waals surface area contributed by atoms with Crippen molar-refractivity contribution in [3.8, 4) is 11.5 Å². The summed E-state index contributed by atoms with van der Waals surface area (Å²) in [4.78, 5) is 0. The van der Waals surface area contributed by atoms with E-state index in [0.717, 1.165) is 54.7 Å². The van der Waals surface area contributed by atoms with Gasteiger partial charge in [0.05, 0.1) is 19.3 Å². The van der Waals surface area contributed by atoms with Crippen molar-refractivity contribution in [2.75, 3.05) is 26.9 Å². The largest absolute Gasteiger partial charge is 0.493 e. The Morgan fingerprint density at radius 3 is 2.09 bits per heavy atom. The zero-order valence-electron chi connectivity index (χ0n) is 27.8. The molecule has 246 valence electrons. The second-order valence-corrected chi connectivity index (χ2v) is 12.5. The van der Waals surface area contributed by atoms with Crippen LogP contribution in [0.3, 0.4) is 0 Å². The van der Waals surface area contributed by atoms with Gasteiger partial charge in [-0.25, -0.2) is 13.4 Å². The highest BCUT2D eigenvalue weighted by molar-refractivity contribution is 6.00. The van der Waals surface area contributed by atoms with Crippen LogP contribution in [0.15, 0.2) is 30.3 Å². The Morgan fingerprint density at radius 1 is 0.818 bits per heavy atom. The van der Waals surface area contributed by atoms with Gasteiger partial charge in [0.15, 0.2) is 30.3 Å². The topological polar surface area (TPSA) is 41.7 Å². The molecule has 0 amide bonds. The summed E-state index contributed by atoms with van der Waals surface area (Å²) in [5.74, 6) is 0.647. The maximum Gasteiger partial charge on any atom is 0.184 e. The minimum absolute atomic E-state index is 0.0202. The molecule has 1 unspecified atom stereocenters. The number of ether oxygens (including phenoxy) is 2. The molecule has 4 nitrogen and oxygen atoms in total. The van der Waals surface area contributed by atoms with E-state index in [0.29, 0.717) is 30.9 Å². The quantitative estimate of drug-likeness (QED) is 0.100. The van der Waals surface area contributed by atoms with Gasteiger partial charge in [-0.05, 0) is 49.6 Å². The van der Waals surface area contributed by atoms with Crippen LogP contribution in [0.2, 0.25) is 0 Å². The minimum atomic E-state index is -0.429. The summed E-state index contributed by atoms with van der Waals surface area (Å²) in [6, 6.07) is 7.78. The van der Waals surface area contributed by atoms with Crippen molar-refractivity contribution in [1.29, 1.82) is 0 Å². The van der Waals surface area contributed by atoms with E-state index >= 15 is 0 Å². The van der Waals surface area contributed by atoms with Gasteiger partial charge >= 0.3 is 0 Å². The van der Waals surface area contributed by atoms with Gasteiger partial charge in [-0.3, -0.25) is 0 Å². The molecule has 0 saturated heterocycles. The third-order valence-electron chi connectivity index (χ3n) is 9.03. The Bertz CT molecular complexity index is 1150. The zero-order chi connectivity index (χ0) is 31.6. The number of aliphatic hydroxyl groups excluding tert-OH is 1. The lowest BCUT2D eigenvalue weighted by molar-refractivity contribution is -0.550. The van der Waals surface area contributed by atoms with Crippen molar-refractivity contribution in [3.05, 3.63) is 58.7 Å². The summed E-state index contributed by atoms with van der Waals surface area (Å²) in [6.45, 7) is 6.03. The first kappa shape index (κ1) is 36.0. The third-order valence-corrected chi connectivity index (χ3v) is 9.03. The van der Waals surface area contributed by atoms with Crippen molar-refractivity contribution in [2.24, 2.45) is 0 Å². The van der Waals surface area contributed by atoms with Gasteiger partial charge in [-0.2, -0.15) is 0 Å². The molecule has 1 heterocycles. The molecular weight excluding hydrogens is 556 g/mol. The van der Waals surface area contributed by atoms with E-state index < -0.39 is 11.6 Å². The standard InChI is InChI=1S/C38H58F2NO3/c1-4-6-8-10-12-13-14-15-17-19-35-33-21-23-36(43-3)38(44-26-18-16-11-9-7-5-2)37(33)30(24-25-42)28-41(35)29-31-27-32(39)20-22-34(31)40/h20-23,27,30,42H,4-19,24-26,28-29H2,1-3H3/q+1. The molecule has 1 N–H and O–H groups in total. The van der Waals surface area contributed by atoms with Crippen LogP contribution in [0.4, 0.5) is 8.78 Å². The van der Waals surface area contributed by atoms with E-state index in [1.165, 1.54) is 88.8 Å². The van der Waals surface area contributed by atoms with Gasteiger partial charge in [0.1, 0.15) is 11.6 Å². The molecule has 0 aliphatic carbocycles. The number of nitrogens with zero attached hydrogens (tertiary/aromatic N) is 1. The molecule has 0 aromatic heterocycles. The molecule has 3 rings (SSSR count). The summed E-state index contributed by atoms with van der Waals surface area (Å²) in [5, 5.41) is 10.1. The number of benzene rings is 2. The van der Waals surface area contributed by atoms with Crippen LogP contribution < -0.4 is 9.47 Å². The normalized spacial score (nSPS) is 14.6. The maximum absolute atomic E-state index is 14.8. The monoisotopic (exact) mass is 614 g/mol. The van der Waals surface area contributed by atoms with Crippen LogP contribution in [-0.4, -0.2) is 42.3 Å². The van der Waals surface area contributed by atoms with E-state index in [9.17, 15) is 13.9 Å². The van der Waals surface area contributed by atoms with Crippen molar-refractivity contribution < 1.29 is 27.9 Å². The summed E-state index contributed by atoms with van der Waals surface area (Å²) in [6.07, 6.45) is 19.7. The highest BCUT2D eigenvalue weighted by Crippen LogP contribution is 2.43. The number of halogens is 2. The molecule has 0 fully saturated rings. The van der Waals surface area contributed by atoms with Gasteiger partial charge in [0, 0.05) is 30.1 Å². The molecule has 0 spiro atoms. The van der Waals surface area contributed by atoms with Crippen molar-refractivity contribution in [2.45, 2.75) is 135 Å². The van der Waals surface area contributed by atoms with Gasteiger partial charge < -0.3 is 14.6 Å². The van der Waals surface area contributed by atoms with E-state index in [4.69, 9.17) is 9.47 Å². The summed E-state index contributed by atoms with van der Waals surface area (Å²) < 4.78 is 43.5. The Morgan fingerprint density at radius 2 is 1.45 bits per heavy atom.